The van der Waals surface area contributed by atoms with Crippen LogP contribution >= 0.6 is 0 Å². The lowest BCUT2D eigenvalue weighted by Crippen LogP contribution is -2.53. The summed E-state index contributed by atoms with van der Waals surface area (Å²) in [6, 6.07) is 14.4. The Morgan fingerprint density at radius 3 is 2.33 bits per heavy atom. The van der Waals surface area contributed by atoms with E-state index in [0.29, 0.717) is 35.9 Å². The van der Waals surface area contributed by atoms with Gasteiger partial charge in [-0.1, -0.05) is 6.07 Å². The van der Waals surface area contributed by atoms with E-state index in [1.54, 1.807) is 18.2 Å². The van der Waals surface area contributed by atoms with Crippen molar-refractivity contribution in [3.63, 3.8) is 0 Å². The summed E-state index contributed by atoms with van der Waals surface area (Å²) in [5.74, 6) is -0.293. The summed E-state index contributed by atoms with van der Waals surface area (Å²) in [7, 11) is -2.34. The quantitative estimate of drug-likeness (QED) is 0.188. The fourth-order valence-electron chi connectivity index (χ4n) is 7.23. The lowest BCUT2D eigenvalue weighted by atomic mass is 10.0. The molecule has 3 N–H and O–H groups in total. The number of pyridine rings is 1. The van der Waals surface area contributed by atoms with Gasteiger partial charge < -0.3 is 15.5 Å². The molecule has 4 aromatic rings. The molecule has 0 bridgehead atoms. The van der Waals surface area contributed by atoms with Crippen LogP contribution in [0.15, 0.2) is 60.9 Å². The van der Waals surface area contributed by atoms with E-state index in [0.717, 1.165) is 74.1 Å². The molecule has 58 heavy (non-hydrogen) atoms. The van der Waals surface area contributed by atoms with Crippen molar-refractivity contribution in [2.24, 2.45) is 0 Å². The van der Waals surface area contributed by atoms with Crippen LogP contribution in [0.2, 0.25) is 0 Å². The molecule has 308 valence electrons. The molecule has 0 atom stereocenters. The lowest BCUT2D eigenvalue weighted by molar-refractivity contribution is -0.137. The number of piperazine rings is 1. The molecule has 0 unspecified atom stereocenters. The molecule has 6 heterocycles. The molecule has 0 spiro atoms. The van der Waals surface area contributed by atoms with Crippen LogP contribution in [-0.4, -0.2) is 120 Å². The second-order valence-corrected chi connectivity index (χ2v) is 16.4. The van der Waals surface area contributed by atoms with Gasteiger partial charge >= 0.3 is 12.2 Å². The van der Waals surface area contributed by atoms with Crippen molar-refractivity contribution in [2.75, 3.05) is 83.9 Å². The molecule has 21 heteroatoms. The van der Waals surface area contributed by atoms with Crippen molar-refractivity contribution in [3.8, 4) is 0 Å². The second-order valence-electron chi connectivity index (χ2n) is 14.4. The predicted molar refractivity (Wildman–Crippen MR) is 211 cm³/mol. The van der Waals surface area contributed by atoms with Crippen LogP contribution in [0, 0.1) is 0 Å². The first-order valence-corrected chi connectivity index (χ1v) is 20.6. The zero-order valence-electron chi connectivity index (χ0n) is 32.0. The molecule has 3 amide bonds. The highest BCUT2D eigenvalue weighted by Gasteiger charge is 2.36. The Hall–Kier alpha value is -5.67. The number of nitrogens with zero attached hydrogens (tertiary/aromatic N) is 10. The summed E-state index contributed by atoms with van der Waals surface area (Å²) in [5.41, 5.74) is 1.75. The van der Waals surface area contributed by atoms with E-state index in [9.17, 15) is 31.2 Å². The molecule has 0 saturated carbocycles. The van der Waals surface area contributed by atoms with E-state index in [2.05, 4.69) is 55.8 Å². The van der Waals surface area contributed by atoms with E-state index in [4.69, 9.17) is 0 Å². The van der Waals surface area contributed by atoms with Crippen LogP contribution in [0.4, 0.5) is 52.7 Å². The first kappa shape index (κ1) is 40.5. The number of anilines is 6. The van der Waals surface area contributed by atoms with Crippen LogP contribution in [-0.2, 0) is 34.1 Å². The van der Waals surface area contributed by atoms with Crippen molar-refractivity contribution < 1.29 is 31.2 Å². The number of sulfonamides is 1. The van der Waals surface area contributed by atoms with E-state index in [-0.39, 0.29) is 37.2 Å². The fraction of sp³-hybridized carbons (Fsp3) is 0.432. The predicted octanol–water partition coefficient (Wildman–Crippen LogP) is 3.66. The topological polar surface area (TPSA) is 185 Å². The molecule has 1 aromatic carbocycles. The van der Waals surface area contributed by atoms with E-state index in [1.165, 1.54) is 18.1 Å². The molecule has 3 aliphatic heterocycles. The first-order valence-electron chi connectivity index (χ1n) is 18.8. The average Bonchev–Trinajstić information content (AvgIpc) is 3.20. The minimum atomic E-state index is -4.74. The molecule has 7 rings (SSSR count). The highest BCUT2D eigenvalue weighted by atomic mass is 32.2. The first-order chi connectivity index (χ1) is 27.7. The number of halogens is 3. The van der Waals surface area contributed by atoms with Gasteiger partial charge in [-0.2, -0.15) is 23.3 Å². The third-order valence-corrected chi connectivity index (χ3v) is 11.7. The normalized spacial score (nSPS) is 17.6. The number of rotatable bonds is 12. The van der Waals surface area contributed by atoms with Crippen molar-refractivity contribution in [2.45, 2.75) is 44.6 Å². The Bertz CT molecular complexity index is 2200. The number of benzene rings is 1. The van der Waals surface area contributed by atoms with Gasteiger partial charge in [-0.05, 0) is 55.3 Å². The zero-order chi connectivity index (χ0) is 41.0. The number of aromatic nitrogens is 5. The number of carbonyl (C=O) groups excluding carboxylic acids is 2. The van der Waals surface area contributed by atoms with E-state index in [1.807, 2.05) is 30.3 Å². The second kappa shape index (κ2) is 17.0. The summed E-state index contributed by atoms with van der Waals surface area (Å²) in [6.07, 6.45) is 0.647. The molecule has 17 nitrogen and oxygen atoms in total. The van der Waals surface area contributed by atoms with E-state index >= 15 is 0 Å². The highest BCUT2D eigenvalue weighted by Crippen LogP contribution is 2.35. The minimum Gasteiger partial charge on any atom is -0.371 e. The average molecular weight is 824 g/mol. The van der Waals surface area contributed by atoms with Gasteiger partial charge in [-0.15, -0.1) is 5.10 Å². The van der Waals surface area contributed by atoms with Crippen LogP contribution in [0.1, 0.15) is 36.1 Å². The third-order valence-electron chi connectivity index (χ3n) is 10.5. The third kappa shape index (κ3) is 9.71. The molecule has 3 saturated heterocycles. The minimum absolute atomic E-state index is 0.0439. The molecule has 0 aliphatic carbocycles. The van der Waals surface area contributed by atoms with Gasteiger partial charge in [-0.25, -0.2) is 23.2 Å². The maximum atomic E-state index is 13.9. The maximum absolute atomic E-state index is 13.9. The lowest BCUT2D eigenvalue weighted by Gasteiger charge is -2.43. The van der Waals surface area contributed by atoms with E-state index < -0.39 is 33.6 Å². The van der Waals surface area contributed by atoms with Gasteiger partial charge in [0.1, 0.15) is 17.2 Å². The number of nitrogens with one attached hydrogen (secondary N) is 3. The summed E-state index contributed by atoms with van der Waals surface area (Å²) >= 11 is 0. The number of carbonyl (C=O) groups is 2. The van der Waals surface area contributed by atoms with Crippen LogP contribution in [0.25, 0.3) is 0 Å². The summed E-state index contributed by atoms with van der Waals surface area (Å²) < 4.78 is 67.0. The van der Waals surface area contributed by atoms with Gasteiger partial charge in [0, 0.05) is 108 Å². The van der Waals surface area contributed by atoms with Crippen LogP contribution in [0.5, 0.6) is 0 Å². The summed E-state index contributed by atoms with van der Waals surface area (Å²) in [5, 5.41) is 16.6. The molecule has 3 aliphatic rings. The van der Waals surface area contributed by atoms with Crippen LogP contribution < -0.4 is 30.1 Å². The van der Waals surface area contributed by atoms with Gasteiger partial charge in [0.05, 0.1) is 11.9 Å². The zero-order valence-corrected chi connectivity index (χ0v) is 32.8. The van der Waals surface area contributed by atoms with Crippen molar-refractivity contribution in [3.05, 3.63) is 77.7 Å². The highest BCUT2D eigenvalue weighted by molar-refractivity contribution is 7.92. The summed E-state index contributed by atoms with van der Waals surface area (Å²) in [4.78, 5) is 44.4. The smallest absolute Gasteiger partial charge is 0.371 e. The largest absolute Gasteiger partial charge is 0.421 e. The number of hydrogen-bond acceptors (Lipinski definition) is 14. The molecular formula is C37H44F3N13O4S. The number of amides is 3. The van der Waals surface area contributed by atoms with Gasteiger partial charge in [0.2, 0.25) is 21.9 Å². The maximum Gasteiger partial charge on any atom is 0.421 e. The standard InChI is InChI=1S/C37H44F3N13O4S/c1-49(58(2,56)57)34-25(4-3-14-41-34)22-42-33-30(37(38,39)40)23-43-35(46-33)44-26-5-8-28(9-6-26)51-15-11-29(12-16-51)52-20-18-50(19-21-52)24-27-7-10-31(48-47-27)53-17-13-32(54)45-36(53)55/h3-10,14,23,29H,11-13,15-22,24H2,1-2H3,(H,45,54,55)(H2,42,43,44,46). The molecule has 0 radical (unpaired) electrons. The van der Waals surface area contributed by atoms with Gasteiger partial charge in [0.15, 0.2) is 5.82 Å². The molecule has 3 aromatic heterocycles. The van der Waals surface area contributed by atoms with Gasteiger partial charge in [0.25, 0.3) is 0 Å². The molecular weight excluding hydrogens is 780 g/mol. The van der Waals surface area contributed by atoms with Crippen LogP contribution in [0.3, 0.4) is 0 Å². The monoisotopic (exact) mass is 823 g/mol. The SMILES string of the molecule is CN(c1ncccc1CNc1nc(Nc2ccc(N3CCC(N4CCN(Cc5ccc(N6CCC(=O)NC6=O)nn5)CC4)CC3)cc2)ncc1C(F)(F)F)S(C)(=O)=O. The van der Waals surface area contributed by atoms with Crippen molar-refractivity contribution >= 4 is 56.7 Å². The summed E-state index contributed by atoms with van der Waals surface area (Å²) in [6.45, 7) is 6.26. The van der Waals surface area contributed by atoms with Crippen molar-refractivity contribution in [1.82, 2.24) is 40.3 Å². The Morgan fingerprint density at radius 2 is 1.67 bits per heavy atom. The number of piperidine rings is 1. The number of alkyl halides is 3. The number of imide groups is 1. The van der Waals surface area contributed by atoms with Gasteiger partial charge in [-0.3, -0.25) is 29.1 Å². The Labute approximate surface area is 333 Å². The fourth-order valence-corrected chi connectivity index (χ4v) is 7.70. The Kier molecular flexibility index (Phi) is 11.9. The van der Waals surface area contributed by atoms with Crippen molar-refractivity contribution in [1.29, 1.82) is 0 Å². The number of hydrogen-bond donors (Lipinski definition) is 3. The molecule has 3 fully saturated rings. The number of urea groups is 1. The Balaban J connectivity index is 0.890. The Morgan fingerprint density at radius 1 is 0.931 bits per heavy atom.